The van der Waals surface area contributed by atoms with Crippen LogP contribution in [-0.2, 0) is 14.8 Å². The fourth-order valence-electron chi connectivity index (χ4n) is 3.62. The summed E-state index contributed by atoms with van der Waals surface area (Å²) < 4.78 is 58.3. The first-order chi connectivity index (χ1) is 19.5. The van der Waals surface area contributed by atoms with Gasteiger partial charge >= 0.3 is 5.97 Å². The molecule has 0 fully saturated rings. The van der Waals surface area contributed by atoms with Gasteiger partial charge in [-0.3, -0.25) is 9.52 Å². The second-order valence-corrected chi connectivity index (χ2v) is 11.9. The molecule has 0 radical (unpaired) electrons. The van der Waals surface area contributed by atoms with Gasteiger partial charge in [0.1, 0.15) is 38.8 Å². The van der Waals surface area contributed by atoms with E-state index >= 15 is 0 Å². The van der Waals surface area contributed by atoms with Crippen LogP contribution >= 0.6 is 22.9 Å². The van der Waals surface area contributed by atoms with Crippen LogP contribution in [-0.4, -0.2) is 45.7 Å². The standard InChI is InChI=1S/C27H22ClFN2O8S2/c1-37-22-7-3-6-18(24(22)29)20-14-23(40-25(20)28)41(35,36)31-16-8-9-19(21(32)13-16)27(34)39-11-10-38-17-5-2-4-15(12-17)26(30)33/h2-9,12-14,31-32H,10-11H2,1H3,(H2,30,33). The van der Waals surface area contributed by atoms with E-state index in [1.165, 1.54) is 49.6 Å². The molecule has 0 saturated carbocycles. The Labute approximate surface area is 243 Å². The van der Waals surface area contributed by atoms with Gasteiger partial charge in [-0.2, -0.15) is 0 Å². The molecule has 4 N–H and O–H groups in total. The summed E-state index contributed by atoms with van der Waals surface area (Å²) in [5, 5.41) is 10.3. The summed E-state index contributed by atoms with van der Waals surface area (Å²) in [6.07, 6.45) is 0. The number of nitrogens with two attached hydrogens (primary N) is 1. The number of thiophene rings is 1. The summed E-state index contributed by atoms with van der Waals surface area (Å²) in [6, 6.07) is 15.3. The number of aromatic hydroxyl groups is 1. The largest absolute Gasteiger partial charge is 0.507 e. The first-order valence-corrected chi connectivity index (χ1v) is 14.4. The second kappa shape index (κ2) is 12.5. The van der Waals surface area contributed by atoms with Crippen LogP contribution in [0.4, 0.5) is 10.1 Å². The van der Waals surface area contributed by atoms with Gasteiger partial charge in [-0.15, -0.1) is 11.3 Å². The minimum atomic E-state index is -4.20. The second-order valence-electron chi connectivity index (χ2n) is 8.29. The summed E-state index contributed by atoms with van der Waals surface area (Å²) in [5.74, 6) is -2.39. The molecule has 0 aliphatic heterocycles. The molecule has 1 heterocycles. The van der Waals surface area contributed by atoms with Gasteiger partial charge < -0.3 is 25.1 Å². The van der Waals surface area contributed by atoms with Crippen molar-refractivity contribution in [2.75, 3.05) is 25.0 Å². The Kier molecular flexibility index (Phi) is 9.01. The number of carbonyl (C=O) groups is 2. The van der Waals surface area contributed by atoms with Crippen LogP contribution in [0, 0.1) is 5.82 Å². The number of benzene rings is 3. The molecule has 4 rings (SSSR count). The lowest BCUT2D eigenvalue weighted by atomic mass is 10.1. The lowest BCUT2D eigenvalue weighted by Gasteiger charge is -2.10. The topological polar surface area (TPSA) is 154 Å². The van der Waals surface area contributed by atoms with Crippen molar-refractivity contribution in [1.82, 2.24) is 0 Å². The van der Waals surface area contributed by atoms with E-state index in [9.17, 15) is 27.5 Å². The normalized spacial score (nSPS) is 11.1. The molecule has 3 aromatic carbocycles. The molecule has 0 aliphatic rings. The maximum absolute atomic E-state index is 14.7. The van der Waals surface area contributed by atoms with E-state index in [1.807, 2.05) is 0 Å². The number of phenolic OH excluding ortho intramolecular Hbond substituents is 1. The van der Waals surface area contributed by atoms with Crippen molar-refractivity contribution < 1.29 is 41.7 Å². The first-order valence-electron chi connectivity index (χ1n) is 11.7. The van der Waals surface area contributed by atoms with Crippen molar-refractivity contribution in [3.05, 3.63) is 88.0 Å². The van der Waals surface area contributed by atoms with Crippen LogP contribution in [0.15, 0.2) is 70.9 Å². The molecule has 14 heteroatoms. The van der Waals surface area contributed by atoms with E-state index in [4.69, 9.17) is 31.5 Å². The van der Waals surface area contributed by atoms with Gasteiger partial charge in [-0.25, -0.2) is 17.6 Å². The number of hydrogen-bond acceptors (Lipinski definition) is 9. The Morgan fingerprint density at radius 1 is 1.05 bits per heavy atom. The Balaban J connectivity index is 1.40. The number of anilines is 1. The molecule has 0 unspecified atom stereocenters. The van der Waals surface area contributed by atoms with Gasteiger partial charge in [0.25, 0.3) is 10.0 Å². The number of ether oxygens (including phenoxy) is 3. The van der Waals surface area contributed by atoms with Crippen molar-refractivity contribution >= 4 is 50.5 Å². The number of carbonyl (C=O) groups excluding carboxylic acids is 2. The molecule has 0 atom stereocenters. The van der Waals surface area contributed by atoms with Gasteiger partial charge in [0.15, 0.2) is 11.6 Å². The Hall–Kier alpha value is -4.33. The van der Waals surface area contributed by atoms with Crippen LogP contribution in [0.2, 0.25) is 4.34 Å². The summed E-state index contributed by atoms with van der Waals surface area (Å²) in [5.41, 5.74) is 5.46. The number of methoxy groups -OCH3 is 1. The van der Waals surface area contributed by atoms with Crippen LogP contribution < -0.4 is 19.9 Å². The van der Waals surface area contributed by atoms with Crippen molar-refractivity contribution in [1.29, 1.82) is 0 Å². The average molecular weight is 621 g/mol. The van der Waals surface area contributed by atoms with Crippen molar-refractivity contribution in [2.24, 2.45) is 5.73 Å². The number of amides is 1. The number of phenols is 1. The van der Waals surface area contributed by atoms with E-state index < -0.39 is 33.5 Å². The molecule has 214 valence electrons. The number of nitrogens with one attached hydrogen (secondary N) is 1. The Morgan fingerprint density at radius 3 is 2.51 bits per heavy atom. The van der Waals surface area contributed by atoms with Crippen molar-refractivity contribution in [2.45, 2.75) is 4.21 Å². The molecular weight excluding hydrogens is 599 g/mol. The smallest absolute Gasteiger partial charge is 0.342 e. The molecule has 0 spiro atoms. The number of esters is 1. The highest BCUT2D eigenvalue weighted by Crippen LogP contribution is 2.41. The van der Waals surface area contributed by atoms with Gasteiger partial charge in [0, 0.05) is 22.8 Å². The van der Waals surface area contributed by atoms with E-state index in [0.29, 0.717) is 5.75 Å². The zero-order valence-corrected chi connectivity index (χ0v) is 23.6. The Morgan fingerprint density at radius 2 is 1.80 bits per heavy atom. The highest BCUT2D eigenvalue weighted by molar-refractivity contribution is 7.94. The fourth-order valence-corrected chi connectivity index (χ4v) is 6.42. The van der Waals surface area contributed by atoms with Crippen LogP contribution in [0.1, 0.15) is 20.7 Å². The molecule has 1 aromatic heterocycles. The van der Waals surface area contributed by atoms with Crippen LogP contribution in [0.25, 0.3) is 11.1 Å². The van der Waals surface area contributed by atoms with E-state index in [0.717, 1.165) is 17.4 Å². The predicted octanol–water partition coefficient (Wildman–Crippen LogP) is 5.06. The molecule has 0 bridgehead atoms. The molecular formula is C27H22ClFN2O8S2. The van der Waals surface area contributed by atoms with Crippen LogP contribution in [0.3, 0.4) is 0 Å². The molecule has 0 aliphatic carbocycles. The van der Waals surface area contributed by atoms with Crippen molar-refractivity contribution in [3.63, 3.8) is 0 Å². The fraction of sp³-hybridized carbons (Fsp3) is 0.111. The summed E-state index contributed by atoms with van der Waals surface area (Å²) >= 11 is 6.96. The molecule has 10 nitrogen and oxygen atoms in total. The Bertz CT molecular complexity index is 1730. The maximum Gasteiger partial charge on any atom is 0.342 e. The average Bonchev–Trinajstić information content (AvgIpc) is 3.33. The summed E-state index contributed by atoms with van der Waals surface area (Å²) in [7, 11) is -2.89. The van der Waals surface area contributed by atoms with Crippen LogP contribution in [0.5, 0.6) is 17.2 Å². The molecule has 41 heavy (non-hydrogen) atoms. The summed E-state index contributed by atoms with van der Waals surface area (Å²) in [6.45, 7) is -0.222. The molecule has 0 saturated heterocycles. The van der Waals surface area contributed by atoms with Gasteiger partial charge in [0.2, 0.25) is 5.91 Å². The zero-order chi connectivity index (χ0) is 29.7. The third-order valence-electron chi connectivity index (χ3n) is 5.58. The molecule has 4 aromatic rings. The number of hydrogen-bond donors (Lipinski definition) is 3. The van der Waals surface area contributed by atoms with Gasteiger partial charge in [0.05, 0.1) is 12.8 Å². The lowest BCUT2D eigenvalue weighted by molar-refractivity contribution is 0.0447. The molecule has 1 amide bonds. The first kappa shape index (κ1) is 29.6. The van der Waals surface area contributed by atoms with E-state index in [1.54, 1.807) is 18.2 Å². The number of rotatable bonds is 11. The highest BCUT2D eigenvalue weighted by atomic mass is 35.5. The number of sulfonamides is 1. The zero-order valence-electron chi connectivity index (χ0n) is 21.2. The van der Waals surface area contributed by atoms with Gasteiger partial charge in [-0.1, -0.05) is 29.8 Å². The van der Waals surface area contributed by atoms with Gasteiger partial charge in [-0.05, 0) is 42.5 Å². The third kappa shape index (κ3) is 6.88. The SMILES string of the molecule is COc1cccc(-c2cc(S(=O)(=O)Nc3ccc(C(=O)OCCOc4cccc(C(N)=O)c4)c(O)c3)sc2Cl)c1F. The highest BCUT2D eigenvalue weighted by Gasteiger charge is 2.24. The summed E-state index contributed by atoms with van der Waals surface area (Å²) in [4.78, 5) is 23.6. The maximum atomic E-state index is 14.7. The minimum Gasteiger partial charge on any atom is -0.507 e. The van der Waals surface area contributed by atoms with E-state index in [-0.39, 0.29) is 55.4 Å². The minimum absolute atomic E-state index is 0.0242. The van der Waals surface area contributed by atoms with Crippen molar-refractivity contribution in [3.8, 4) is 28.4 Å². The number of primary amides is 1. The monoisotopic (exact) mass is 620 g/mol. The quantitative estimate of drug-likeness (QED) is 0.155. The number of halogens is 2. The van der Waals surface area contributed by atoms with E-state index in [2.05, 4.69) is 4.72 Å². The lowest BCUT2D eigenvalue weighted by Crippen LogP contribution is -2.14. The third-order valence-corrected chi connectivity index (χ3v) is 8.79. The predicted molar refractivity (Wildman–Crippen MR) is 151 cm³/mol.